The fourth-order valence-corrected chi connectivity index (χ4v) is 4.06. The molecule has 0 unspecified atom stereocenters. The van der Waals surface area contributed by atoms with Gasteiger partial charge in [0.1, 0.15) is 5.75 Å². The summed E-state index contributed by atoms with van der Waals surface area (Å²) >= 11 is 7.57. The van der Waals surface area contributed by atoms with Gasteiger partial charge in [0.05, 0.1) is 22.9 Å². The molecule has 7 heteroatoms. The number of para-hydroxylation sites is 1. The molecule has 0 atom stereocenters. The van der Waals surface area contributed by atoms with Crippen LogP contribution >= 0.6 is 22.9 Å². The minimum atomic E-state index is -0.114. The fourth-order valence-electron chi connectivity index (χ4n) is 2.80. The highest BCUT2D eigenvalue weighted by Gasteiger charge is 2.23. The van der Waals surface area contributed by atoms with Crippen LogP contribution in [-0.4, -0.2) is 50.1 Å². The van der Waals surface area contributed by atoms with Crippen molar-refractivity contribution in [3.05, 3.63) is 53.1 Å². The van der Waals surface area contributed by atoms with Crippen molar-refractivity contribution < 1.29 is 9.53 Å². The summed E-state index contributed by atoms with van der Waals surface area (Å²) in [4.78, 5) is 21.8. The van der Waals surface area contributed by atoms with Gasteiger partial charge in [-0.15, -0.1) is 0 Å². The van der Waals surface area contributed by atoms with Crippen molar-refractivity contribution in [1.82, 2.24) is 9.88 Å². The predicted molar refractivity (Wildman–Crippen MR) is 112 cm³/mol. The van der Waals surface area contributed by atoms with E-state index in [0.29, 0.717) is 28.0 Å². The lowest BCUT2D eigenvalue weighted by molar-refractivity contribution is 0.0983. The van der Waals surface area contributed by atoms with Crippen LogP contribution in [0.3, 0.4) is 0 Å². The second-order valence-corrected chi connectivity index (χ2v) is 7.87. The molecule has 0 saturated heterocycles. The minimum Gasteiger partial charge on any atom is -0.496 e. The Morgan fingerprint density at radius 3 is 2.70 bits per heavy atom. The second-order valence-electron chi connectivity index (χ2n) is 6.42. The zero-order valence-electron chi connectivity index (χ0n) is 15.6. The van der Waals surface area contributed by atoms with Crippen LogP contribution in [0.1, 0.15) is 16.8 Å². The lowest BCUT2D eigenvalue weighted by Crippen LogP contribution is -2.33. The van der Waals surface area contributed by atoms with E-state index in [1.807, 2.05) is 44.4 Å². The number of aromatic nitrogens is 1. The van der Waals surface area contributed by atoms with Gasteiger partial charge in [-0.3, -0.25) is 9.69 Å². The number of rotatable bonds is 7. The molecule has 1 heterocycles. The third-order valence-electron chi connectivity index (χ3n) is 4.14. The average Bonchev–Trinajstić information content (AvgIpc) is 3.07. The monoisotopic (exact) mass is 403 g/mol. The van der Waals surface area contributed by atoms with E-state index in [1.165, 1.54) is 11.3 Å². The number of thiazole rings is 1. The molecule has 3 aromatic rings. The van der Waals surface area contributed by atoms with Gasteiger partial charge in [0.2, 0.25) is 0 Å². The Morgan fingerprint density at radius 1 is 1.19 bits per heavy atom. The molecule has 0 saturated carbocycles. The van der Waals surface area contributed by atoms with Gasteiger partial charge in [-0.05, 0) is 57.4 Å². The third kappa shape index (κ3) is 4.58. The minimum absolute atomic E-state index is 0.114. The maximum Gasteiger partial charge on any atom is 0.263 e. The molecule has 3 rings (SSSR count). The first-order valence-corrected chi connectivity index (χ1v) is 9.84. The largest absolute Gasteiger partial charge is 0.496 e. The molecule has 5 nitrogen and oxygen atoms in total. The van der Waals surface area contributed by atoms with Crippen molar-refractivity contribution in [3.8, 4) is 5.75 Å². The molecular weight excluding hydrogens is 382 g/mol. The Hall–Kier alpha value is -2.15. The van der Waals surface area contributed by atoms with Crippen LogP contribution in [0, 0.1) is 0 Å². The van der Waals surface area contributed by atoms with E-state index < -0.39 is 0 Å². The zero-order valence-corrected chi connectivity index (χ0v) is 17.2. The number of halogens is 1. The van der Waals surface area contributed by atoms with E-state index in [0.717, 1.165) is 23.2 Å². The number of ether oxygens (including phenoxy) is 1. The number of methoxy groups -OCH3 is 1. The van der Waals surface area contributed by atoms with Crippen LogP contribution in [0.5, 0.6) is 5.75 Å². The van der Waals surface area contributed by atoms with E-state index in [2.05, 4.69) is 9.88 Å². The highest BCUT2D eigenvalue weighted by molar-refractivity contribution is 7.22. The molecule has 0 bridgehead atoms. The molecule has 0 radical (unpaired) electrons. The smallest absolute Gasteiger partial charge is 0.263 e. The maximum absolute atomic E-state index is 13.3. The van der Waals surface area contributed by atoms with Gasteiger partial charge in [0.25, 0.3) is 5.91 Å². The summed E-state index contributed by atoms with van der Waals surface area (Å²) in [6.45, 7) is 1.45. The van der Waals surface area contributed by atoms with Gasteiger partial charge in [-0.25, -0.2) is 4.98 Å². The number of hydrogen-bond donors (Lipinski definition) is 0. The van der Waals surface area contributed by atoms with Gasteiger partial charge in [-0.1, -0.05) is 35.1 Å². The van der Waals surface area contributed by atoms with Crippen molar-refractivity contribution in [3.63, 3.8) is 0 Å². The molecule has 0 spiro atoms. The number of fused-ring (bicyclic) bond motifs is 1. The van der Waals surface area contributed by atoms with E-state index in [4.69, 9.17) is 16.3 Å². The van der Waals surface area contributed by atoms with Crippen molar-refractivity contribution in [1.29, 1.82) is 0 Å². The quantitative estimate of drug-likeness (QED) is 0.580. The maximum atomic E-state index is 13.3. The Labute approximate surface area is 168 Å². The zero-order chi connectivity index (χ0) is 19.4. The lowest BCUT2D eigenvalue weighted by Gasteiger charge is -2.22. The first-order chi connectivity index (χ1) is 13.0. The Kier molecular flexibility index (Phi) is 6.31. The highest BCUT2D eigenvalue weighted by Crippen LogP contribution is 2.32. The van der Waals surface area contributed by atoms with Crippen LogP contribution in [-0.2, 0) is 0 Å². The van der Waals surface area contributed by atoms with Crippen LogP contribution in [0.4, 0.5) is 5.13 Å². The summed E-state index contributed by atoms with van der Waals surface area (Å²) in [7, 11) is 5.61. The number of amides is 1. The van der Waals surface area contributed by atoms with Crippen molar-refractivity contribution in [2.24, 2.45) is 0 Å². The Morgan fingerprint density at radius 2 is 1.96 bits per heavy atom. The third-order valence-corrected chi connectivity index (χ3v) is 5.42. The van der Waals surface area contributed by atoms with Crippen molar-refractivity contribution in [2.75, 3.05) is 39.2 Å². The SMILES string of the molecule is COc1ccccc1C(=O)N(CCCN(C)C)c1nc2ccc(Cl)cc2s1. The van der Waals surface area contributed by atoms with Crippen LogP contribution in [0.25, 0.3) is 10.2 Å². The number of anilines is 1. The number of carbonyl (C=O) groups is 1. The molecule has 0 aliphatic rings. The Bertz CT molecular complexity index is 942. The molecule has 1 aromatic heterocycles. The first kappa shape index (κ1) is 19.6. The summed E-state index contributed by atoms with van der Waals surface area (Å²) in [6, 6.07) is 12.8. The molecule has 0 fully saturated rings. The van der Waals surface area contributed by atoms with Crippen LogP contribution in [0.2, 0.25) is 5.02 Å². The van der Waals surface area contributed by atoms with Gasteiger partial charge in [0.15, 0.2) is 5.13 Å². The molecule has 27 heavy (non-hydrogen) atoms. The molecule has 0 N–H and O–H groups in total. The van der Waals surface area contributed by atoms with E-state index in [9.17, 15) is 4.79 Å². The lowest BCUT2D eigenvalue weighted by atomic mass is 10.1. The summed E-state index contributed by atoms with van der Waals surface area (Å²) in [5, 5.41) is 1.33. The molecule has 142 valence electrons. The number of nitrogens with zero attached hydrogens (tertiary/aromatic N) is 3. The average molecular weight is 404 g/mol. The summed E-state index contributed by atoms with van der Waals surface area (Å²) in [5.41, 5.74) is 1.37. The first-order valence-electron chi connectivity index (χ1n) is 8.65. The van der Waals surface area contributed by atoms with Crippen molar-refractivity contribution >= 4 is 44.2 Å². The molecule has 0 aliphatic heterocycles. The molecule has 2 aromatic carbocycles. The van der Waals surface area contributed by atoms with Crippen LogP contribution < -0.4 is 9.64 Å². The fraction of sp³-hybridized carbons (Fsp3) is 0.300. The normalized spacial score (nSPS) is 11.1. The van der Waals surface area contributed by atoms with Gasteiger partial charge in [0, 0.05) is 11.6 Å². The van der Waals surface area contributed by atoms with E-state index in [-0.39, 0.29) is 5.91 Å². The number of hydrogen-bond acceptors (Lipinski definition) is 5. The van der Waals surface area contributed by atoms with Gasteiger partial charge in [-0.2, -0.15) is 0 Å². The van der Waals surface area contributed by atoms with E-state index >= 15 is 0 Å². The van der Waals surface area contributed by atoms with E-state index in [1.54, 1.807) is 24.1 Å². The summed E-state index contributed by atoms with van der Waals surface area (Å²) < 4.78 is 6.34. The Balaban J connectivity index is 1.97. The molecule has 0 aliphatic carbocycles. The molecular formula is C20H22ClN3O2S. The summed E-state index contributed by atoms with van der Waals surface area (Å²) in [5.74, 6) is 0.445. The standard InChI is InChI=1S/C20H22ClN3O2S/c1-23(2)11-6-12-24(19(25)15-7-4-5-8-17(15)26-3)20-22-16-10-9-14(21)13-18(16)27-20/h4-5,7-10,13H,6,11-12H2,1-3H3. The van der Waals surface area contributed by atoms with Gasteiger partial charge < -0.3 is 9.64 Å². The predicted octanol–water partition coefficient (Wildman–Crippen LogP) is 4.56. The van der Waals surface area contributed by atoms with Gasteiger partial charge >= 0.3 is 0 Å². The number of carbonyl (C=O) groups excluding carboxylic acids is 1. The number of benzene rings is 2. The molecule has 1 amide bonds. The van der Waals surface area contributed by atoms with Crippen molar-refractivity contribution in [2.45, 2.75) is 6.42 Å². The topological polar surface area (TPSA) is 45.7 Å². The summed E-state index contributed by atoms with van der Waals surface area (Å²) in [6.07, 6.45) is 0.838. The second kappa shape index (κ2) is 8.69. The van der Waals surface area contributed by atoms with Crippen LogP contribution in [0.15, 0.2) is 42.5 Å². The highest BCUT2D eigenvalue weighted by atomic mass is 35.5.